The van der Waals surface area contributed by atoms with Crippen LogP contribution in [0.4, 0.5) is 5.69 Å². The first-order valence-corrected chi connectivity index (χ1v) is 8.29. The number of carbonyl (C=O) groups is 2. The number of aryl methyl sites for hydroxylation is 1. The Morgan fingerprint density at radius 1 is 1.28 bits per heavy atom. The maximum Gasteiger partial charge on any atom is 0.294 e. The molecule has 25 heavy (non-hydrogen) atoms. The van der Waals surface area contributed by atoms with E-state index in [-0.39, 0.29) is 17.8 Å². The Hall–Kier alpha value is -2.66. The number of aliphatic hydroxyl groups excluding tert-OH is 1. The molecule has 3 rings (SSSR count). The summed E-state index contributed by atoms with van der Waals surface area (Å²) in [6.45, 7) is 3.53. The molecule has 1 N–H and O–H groups in total. The smallest absolute Gasteiger partial charge is 0.294 e. The van der Waals surface area contributed by atoms with E-state index in [0.717, 1.165) is 5.56 Å². The lowest BCUT2D eigenvalue weighted by atomic mass is 9.95. The zero-order valence-electron chi connectivity index (χ0n) is 13.9. The molecule has 1 amide bonds. The predicted molar refractivity (Wildman–Crippen MR) is 95.6 cm³/mol. The number of amides is 1. The van der Waals surface area contributed by atoms with Gasteiger partial charge >= 0.3 is 0 Å². The quantitative estimate of drug-likeness (QED) is 0.901. The number of benzene rings is 1. The number of anilines is 1. The first-order valence-electron chi connectivity index (χ1n) is 7.91. The molecule has 5 nitrogen and oxygen atoms in total. The third-order valence-electron chi connectivity index (χ3n) is 4.27. The van der Waals surface area contributed by atoms with Gasteiger partial charge in [-0.3, -0.25) is 19.5 Å². The number of nitrogens with zero attached hydrogens (tertiary/aromatic N) is 2. The summed E-state index contributed by atoms with van der Waals surface area (Å²) in [4.78, 5) is 30.6. The molecule has 0 fully saturated rings. The maximum atomic E-state index is 12.8. The lowest BCUT2D eigenvalue weighted by Gasteiger charge is -2.28. The van der Waals surface area contributed by atoms with Crippen LogP contribution < -0.4 is 4.90 Å². The molecule has 128 valence electrons. The van der Waals surface area contributed by atoms with Crippen LogP contribution in [0.15, 0.2) is 54.1 Å². The molecule has 1 aromatic carbocycles. The fourth-order valence-electron chi connectivity index (χ4n) is 3.08. The van der Waals surface area contributed by atoms with Gasteiger partial charge in [0.2, 0.25) is 0 Å². The number of halogens is 1. The Morgan fingerprint density at radius 3 is 2.56 bits per heavy atom. The van der Waals surface area contributed by atoms with E-state index in [4.69, 9.17) is 11.6 Å². The van der Waals surface area contributed by atoms with E-state index in [0.29, 0.717) is 16.3 Å². The number of Topliss-reactive ketones (excluding diaryl/α,β-unsaturated/α-hetero) is 1. The molecule has 0 bridgehead atoms. The predicted octanol–water partition coefficient (Wildman–Crippen LogP) is 3.92. The minimum absolute atomic E-state index is 0.119. The summed E-state index contributed by atoms with van der Waals surface area (Å²) in [5, 5.41) is 10.9. The first kappa shape index (κ1) is 17.2. The third kappa shape index (κ3) is 2.91. The number of aliphatic hydroxyl groups is 1. The lowest BCUT2D eigenvalue weighted by molar-refractivity contribution is -0.118. The molecule has 0 radical (unpaired) electrons. The highest BCUT2D eigenvalue weighted by Gasteiger charge is 2.44. The summed E-state index contributed by atoms with van der Waals surface area (Å²) in [7, 11) is 0. The molecule has 6 heteroatoms. The van der Waals surface area contributed by atoms with Gasteiger partial charge in [-0.2, -0.15) is 0 Å². The van der Waals surface area contributed by atoms with Crippen LogP contribution in [0.2, 0.25) is 5.02 Å². The molecule has 2 aromatic rings. The molecule has 0 aliphatic carbocycles. The summed E-state index contributed by atoms with van der Waals surface area (Å²) < 4.78 is 0. The van der Waals surface area contributed by atoms with E-state index in [1.54, 1.807) is 49.6 Å². The summed E-state index contributed by atoms with van der Waals surface area (Å²) in [5.74, 6) is -1.35. The fraction of sp³-hybridized carbons (Fsp3) is 0.211. The van der Waals surface area contributed by atoms with Crippen molar-refractivity contribution in [3.63, 3.8) is 0 Å². The molecule has 1 aromatic heterocycles. The largest absolute Gasteiger partial charge is 0.503 e. The number of carbonyl (C=O) groups excluding carboxylic acids is 2. The van der Waals surface area contributed by atoms with Crippen molar-refractivity contribution in [1.82, 2.24) is 4.98 Å². The Balaban J connectivity index is 2.20. The van der Waals surface area contributed by atoms with Gasteiger partial charge < -0.3 is 5.11 Å². The Bertz CT molecular complexity index is 877. The van der Waals surface area contributed by atoms with Crippen molar-refractivity contribution in [3.8, 4) is 0 Å². The average Bonchev–Trinajstić information content (AvgIpc) is 2.87. The van der Waals surface area contributed by atoms with Crippen LogP contribution in [-0.4, -0.2) is 21.8 Å². The second-order valence-corrected chi connectivity index (χ2v) is 6.26. The topological polar surface area (TPSA) is 70.5 Å². The number of aromatic nitrogens is 1. The number of hydrogen-bond acceptors (Lipinski definition) is 4. The highest BCUT2D eigenvalue weighted by atomic mass is 35.5. The van der Waals surface area contributed by atoms with Crippen LogP contribution in [0.3, 0.4) is 0 Å². The molecule has 0 spiro atoms. The van der Waals surface area contributed by atoms with Gasteiger partial charge in [-0.05, 0) is 48.4 Å². The second kappa shape index (κ2) is 6.69. The summed E-state index contributed by atoms with van der Waals surface area (Å²) in [6.07, 6.45) is 3.38. The Kier molecular flexibility index (Phi) is 4.59. The van der Waals surface area contributed by atoms with E-state index >= 15 is 0 Å². The van der Waals surface area contributed by atoms with Gasteiger partial charge in [0.1, 0.15) is 0 Å². The van der Waals surface area contributed by atoms with E-state index in [2.05, 4.69) is 4.98 Å². The monoisotopic (exact) mass is 356 g/mol. The van der Waals surface area contributed by atoms with Gasteiger partial charge in [-0.25, -0.2) is 0 Å². The summed E-state index contributed by atoms with van der Waals surface area (Å²) in [6, 6.07) is 7.91. The summed E-state index contributed by atoms with van der Waals surface area (Å²) in [5.41, 5.74) is 2.20. The van der Waals surface area contributed by atoms with Crippen molar-refractivity contribution in [2.24, 2.45) is 0 Å². The zero-order chi connectivity index (χ0) is 18.1. The second-order valence-electron chi connectivity index (χ2n) is 5.83. The highest BCUT2D eigenvalue weighted by molar-refractivity contribution is 6.30. The molecule has 1 aliphatic heterocycles. The van der Waals surface area contributed by atoms with Crippen LogP contribution in [-0.2, 0) is 9.59 Å². The van der Waals surface area contributed by atoms with Crippen LogP contribution in [0, 0.1) is 6.92 Å². The SMILES string of the molecule is CCC(=O)C1=C(O)C(=O)N(c2ccc(Cl)cc2C)C1c1ccncc1. The molecule has 1 aliphatic rings. The van der Waals surface area contributed by atoms with Gasteiger partial charge in [0.05, 0.1) is 11.6 Å². The van der Waals surface area contributed by atoms with Crippen molar-refractivity contribution in [2.45, 2.75) is 26.3 Å². The van der Waals surface area contributed by atoms with Gasteiger partial charge in [-0.1, -0.05) is 18.5 Å². The fourth-order valence-corrected chi connectivity index (χ4v) is 3.31. The van der Waals surface area contributed by atoms with Crippen LogP contribution in [0.25, 0.3) is 0 Å². The lowest BCUT2D eigenvalue weighted by Crippen LogP contribution is -2.31. The van der Waals surface area contributed by atoms with Crippen LogP contribution in [0.5, 0.6) is 0 Å². The van der Waals surface area contributed by atoms with Gasteiger partial charge in [0.25, 0.3) is 5.91 Å². The third-order valence-corrected chi connectivity index (χ3v) is 4.50. The van der Waals surface area contributed by atoms with Crippen molar-refractivity contribution in [2.75, 3.05) is 4.90 Å². The number of ketones is 1. The molecule has 1 atom stereocenters. The Morgan fingerprint density at radius 2 is 1.96 bits per heavy atom. The van der Waals surface area contributed by atoms with Gasteiger partial charge in [0, 0.05) is 29.5 Å². The first-order chi connectivity index (χ1) is 12.0. The van der Waals surface area contributed by atoms with E-state index in [1.807, 2.05) is 6.92 Å². The van der Waals surface area contributed by atoms with Crippen molar-refractivity contribution in [3.05, 3.63) is 70.2 Å². The Labute approximate surface area is 150 Å². The van der Waals surface area contributed by atoms with Gasteiger partial charge in [-0.15, -0.1) is 0 Å². The van der Waals surface area contributed by atoms with Gasteiger partial charge in [0.15, 0.2) is 11.5 Å². The molecule has 1 unspecified atom stereocenters. The molecular weight excluding hydrogens is 340 g/mol. The number of pyridine rings is 1. The van der Waals surface area contributed by atoms with Crippen molar-refractivity contribution < 1.29 is 14.7 Å². The number of rotatable bonds is 4. The standard InChI is InChI=1S/C19H17ClN2O3/c1-3-15(23)16-17(12-6-8-21-9-7-12)22(19(25)18(16)24)14-5-4-13(20)10-11(14)2/h4-10,17,24H,3H2,1-2H3. The van der Waals surface area contributed by atoms with Crippen LogP contribution in [0.1, 0.15) is 30.5 Å². The summed E-state index contributed by atoms with van der Waals surface area (Å²) >= 11 is 6.02. The van der Waals surface area contributed by atoms with E-state index in [1.165, 1.54) is 4.90 Å². The zero-order valence-corrected chi connectivity index (χ0v) is 14.6. The maximum absolute atomic E-state index is 12.8. The normalized spacial score (nSPS) is 17.3. The molecule has 0 saturated carbocycles. The molecule has 2 heterocycles. The highest BCUT2D eigenvalue weighted by Crippen LogP contribution is 2.42. The van der Waals surface area contributed by atoms with Crippen LogP contribution >= 0.6 is 11.6 Å². The average molecular weight is 357 g/mol. The number of hydrogen-bond donors (Lipinski definition) is 1. The van der Waals surface area contributed by atoms with Crippen molar-refractivity contribution in [1.29, 1.82) is 0 Å². The minimum Gasteiger partial charge on any atom is -0.503 e. The molecule has 0 saturated heterocycles. The minimum atomic E-state index is -0.692. The van der Waals surface area contributed by atoms with E-state index < -0.39 is 17.7 Å². The molecular formula is C19H17ClN2O3. The van der Waals surface area contributed by atoms with E-state index in [9.17, 15) is 14.7 Å². The van der Waals surface area contributed by atoms with Crippen molar-refractivity contribution >= 4 is 29.0 Å².